The summed E-state index contributed by atoms with van der Waals surface area (Å²) in [4.78, 5) is 0. The van der Waals surface area contributed by atoms with Gasteiger partial charge in [-0.1, -0.05) is 13.0 Å². The molecule has 6 heteroatoms. The third kappa shape index (κ3) is 4.53. The van der Waals surface area contributed by atoms with E-state index < -0.39 is 11.7 Å². The van der Waals surface area contributed by atoms with Crippen LogP contribution < -0.4 is 10.1 Å². The molecule has 21 heavy (non-hydrogen) atoms. The molecule has 114 valence electrons. The van der Waals surface area contributed by atoms with Crippen molar-refractivity contribution in [2.24, 2.45) is 0 Å². The average Bonchev–Trinajstić information content (AvgIpc) is 2.90. The average molecular weight is 299 g/mol. The molecule has 2 rings (SSSR count). The first-order valence-corrected chi connectivity index (χ1v) is 6.57. The molecule has 1 aromatic carbocycles. The molecule has 0 spiro atoms. The molecule has 0 amide bonds. The number of nitrogens with one attached hydrogen (secondary N) is 1. The van der Waals surface area contributed by atoms with Gasteiger partial charge in [-0.25, -0.2) is 0 Å². The summed E-state index contributed by atoms with van der Waals surface area (Å²) in [5.74, 6) is 1.49. The minimum atomic E-state index is -4.37. The highest BCUT2D eigenvalue weighted by Crippen LogP contribution is 2.31. The van der Waals surface area contributed by atoms with Crippen LogP contribution in [0.1, 0.15) is 24.0 Å². The molecule has 0 unspecified atom stereocenters. The molecule has 3 nitrogen and oxygen atoms in total. The van der Waals surface area contributed by atoms with Gasteiger partial charge >= 0.3 is 6.18 Å². The fourth-order valence-electron chi connectivity index (χ4n) is 1.76. The third-order valence-electron chi connectivity index (χ3n) is 2.81. The van der Waals surface area contributed by atoms with E-state index in [1.54, 1.807) is 6.07 Å². The highest BCUT2D eigenvalue weighted by molar-refractivity contribution is 5.30. The first kappa shape index (κ1) is 15.4. The smallest absolute Gasteiger partial charge is 0.416 e. The molecule has 1 N–H and O–H groups in total. The molecule has 0 saturated carbocycles. The summed E-state index contributed by atoms with van der Waals surface area (Å²) >= 11 is 0. The second-order valence-corrected chi connectivity index (χ2v) is 4.46. The Hall–Kier alpha value is -1.95. The summed E-state index contributed by atoms with van der Waals surface area (Å²) in [6, 6.07) is 8.35. The molecule has 0 fully saturated rings. The zero-order chi connectivity index (χ0) is 15.3. The van der Waals surface area contributed by atoms with Crippen LogP contribution >= 0.6 is 0 Å². The molecule has 0 saturated heterocycles. The van der Waals surface area contributed by atoms with Crippen molar-refractivity contribution in [3.05, 3.63) is 53.5 Å². The third-order valence-corrected chi connectivity index (χ3v) is 2.81. The van der Waals surface area contributed by atoms with Crippen LogP contribution in [0.25, 0.3) is 0 Å². The Kier molecular flexibility index (Phi) is 4.90. The van der Waals surface area contributed by atoms with Gasteiger partial charge in [0.05, 0.1) is 12.1 Å². The van der Waals surface area contributed by atoms with E-state index in [4.69, 9.17) is 9.15 Å². The second-order valence-electron chi connectivity index (χ2n) is 4.46. The number of furan rings is 1. The summed E-state index contributed by atoms with van der Waals surface area (Å²) in [7, 11) is 0. The van der Waals surface area contributed by atoms with Gasteiger partial charge in [-0.15, -0.1) is 0 Å². The maximum atomic E-state index is 12.6. The topological polar surface area (TPSA) is 34.4 Å². The predicted molar refractivity (Wildman–Crippen MR) is 71.9 cm³/mol. The van der Waals surface area contributed by atoms with Gasteiger partial charge in [0.25, 0.3) is 0 Å². The minimum absolute atomic E-state index is 0.0907. The summed E-state index contributed by atoms with van der Waals surface area (Å²) in [5, 5.41) is 3.12. The highest BCUT2D eigenvalue weighted by Gasteiger charge is 2.30. The summed E-state index contributed by atoms with van der Waals surface area (Å²) in [6.45, 7) is 3.52. The van der Waals surface area contributed by atoms with E-state index in [1.807, 2.05) is 13.0 Å². The van der Waals surface area contributed by atoms with Crippen LogP contribution in [0.2, 0.25) is 0 Å². The van der Waals surface area contributed by atoms with Gasteiger partial charge in [0.15, 0.2) is 0 Å². The number of benzene rings is 1. The highest BCUT2D eigenvalue weighted by atomic mass is 19.4. The van der Waals surface area contributed by atoms with Gasteiger partial charge in [0.2, 0.25) is 0 Å². The van der Waals surface area contributed by atoms with Crippen molar-refractivity contribution in [1.82, 2.24) is 5.32 Å². The van der Waals surface area contributed by atoms with Crippen molar-refractivity contribution in [2.45, 2.75) is 26.3 Å². The molecule has 0 aliphatic carbocycles. The van der Waals surface area contributed by atoms with Crippen molar-refractivity contribution in [3.63, 3.8) is 0 Å². The van der Waals surface area contributed by atoms with Crippen molar-refractivity contribution in [2.75, 3.05) is 6.54 Å². The first-order valence-electron chi connectivity index (χ1n) is 6.57. The molecule has 0 aliphatic heterocycles. The quantitative estimate of drug-likeness (QED) is 0.876. The molecule has 0 aliphatic rings. The van der Waals surface area contributed by atoms with Crippen LogP contribution in [0.3, 0.4) is 0 Å². The lowest BCUT2D eigenvalue weighted by molar-refractivity contribution is -0.137. The number of halogens is 3. The van der Waals surface area contributed by atoms with E-state index in [2.05, 4.69) is 5.32 Å². The zero-order valence-corrected chi connectivity index (χ0v) is 11.5. The van der Waals surface area contributed by atoms with Gasteiger partial charge in [0, 0.05) is 0 Å². The Morgan fingerprint density at radius 2 is 1.90 bits per heavy atom. The van der Waals surface area contributed by atoms with Crippen LogP contribution in [0.15, 0.2) is 40.8 Å². The number of ether oxygens (including phenoxy) is 1. The van der Waals surface area contributed by atoms with E-state index in [-0.39, 0.29) is 12.4 Å². The van der Waals surface area contributed by atoms with E-state index in [0.29, 0.717) is 12.3 Å². The Labute approximate surface area is 120 Å². The van der Waals surface area contributed by atoms with Crippen LogP contribution in [0.5, 0.6) is 5.75 Å². The first-order chi connectivity index (χ1) is 9.99. The summed E-state index contributed by atoms with van der Waals surface area (Å²) in [5.41, 5.74) is -0.729. The number of alkyl halides is 3. The van der Waals surface area contributed by atoms with E-state index in [0.717, 1.165) is 24.4 Å². The molecular formula is C15H16F3NO2. The maximum absolute atomic E-state index is 12.6. The van der Waals surface area contributed by atoms with Gasteiger partial charge in [-0.3, -0.25) is 0 Å². The van der Waals surface area contributed by atoms with Crippen LogP contribution in [-0.2, 0) is 19.3 Å². The SMILES string of the molecule is CCNCc1ccc(COc2cccc(C(F)(F)F)c2)o1. The van der Waals surface area contributed by atoms with E-state index >= 15 is 0 Å². The standard InChI is InChI=1S/C15H16F3NO2/c1-2-19-9-13-6-7-14(21-13)10-20-12-5-3-4-11(8-12)15(16,17)18/h3-8,19H,2,9-10H2,1H3. The van der Waals surface area contributed by atoms with E-state index in [9.17, 15) is 13.2 Å². The lowest BCUT2D eigenvalue weighted by Gasteiger charge is -2.09. The van der Waals surface area contributed by atoms with Crippen molar-refractivity contribution >= 4 is 0 Å². The Balaban J connectivity index is 1.95. The number of hydrogen-bond donors (Lipinski definition) is 1. The Morgan fingerprint density at radius 3 is 2.62 bits per heavy atom. The molecule has 1 heterocycles. The predicted octanol–water partition coefficient (Wildman–Crippen LogP) is 3.99. The largest absolute Gasteiger partial charge is 0.486 e. The van der Waals surface area contributed by atoms with Crippen molar-refractivity contribution in [1.29, 1.82) is 0 Å². The molecule has 0 bridgehead atoms. The monoisotopic (exact) mass is 299 g/mol. The number of rotatable bonds is 6. The fraction of sp³-hybridized carbons (Fsp3) is 0.333. The molecule has 0 radical (unpaired) electrons. The Bertz CT molecular complexity index is 578. The van der Waals surface area contributed by atoms with Gasteiger partial charge in [-0.2, -0.15) is 13.2 Å². The van der Waals surface area contributed by atoms with Crippen molar-refractivity contribution < 1.29 is 22.3 Å². The second kappa shape index (κ2) is 6.67. The molecule has 0 atom stereocenters. The molecule has 1 aromatic heterocycles. The Morgan fingerprint density at radius 1 is 1.14 bits per heavy atom. The number of hydrogen-bond acceptors (Lipinski definition) is 3. The minimum Gasteiger partial charge on any atom is -0.486 e. The lowest BCUT2D eigenvalue weighted by Crippen LogP contribution is -2.10. The molecule has 2 aromatic rings. The van der Waals surface area contributed by atoms with E-state index in [1.165, 1.54) is 12.1 Å². The summed E-state index contributed by atoms with van der Waals surface area (Å²) in [6.07, 6.45) is -4.37. The zero-order valence-electron chi connectivity index (χ0n) is 11.5. The van der Waals surface area contributed by atoms with Gasteiger partial charge < -0.3 is 14.5 Å². The van der Waals surface area contributed by atoms with Gasteiger partial charge in [-0.05, 0) is 36.9 Å². The molecular weight excluding hydrogens is 283 g/mol. The van der Waals surface area contributed by atoms with Crippen LogP contribution in [0.4, 0.5) is 13.2 Å². The normalized spacial score (nSPS) is 11.6. The summed E-state index contributed by atoms with van der Waals surface area (Å²) < 4.78 is 48.5. The van der Waals surface area contributed by atoms with Crippen molar-refractivity contribution in [3.8, 4) is 5.75 Å². The lowest BCUT2D eigenvalue weighted by atomic mass is 10.2. The van der Waals surface area contributed by atoms with Gasteiger partial charge in [0.1, 0.15) is 23.9 Å². The fourth-order valence-corrected chi connectivity index (χ4v) is 1.76. The van der Waals surface area contributed by atoms with Crippen LogP contribution in [0, 0.1) is 0 Å². The van der Waals surface area contributed by atoms with Crippen LogP contribution in [-0.4, -0.2) is 6.54 Å². The maximum Gasteiger partial charge on any atom is 0.416 e.